The first kappa shape index (κ1) is 7.98. The molecule has 1 heterocycles. The van der Waals surface area contributed by atoms with Crippen molar-refractivity contribution in [2.75, 3.05) is 26.2 Å². The Hall–Kier alpha value is -0.120. The molecule has 0 aromatic carbocycles. The molecule has 1 atom stereocenters. The molecule has 1 aliphatic rings. The zero-order valence-corrected chi connectivity index (χ0v) is 6.40. The summed E-state index contributed by atoms with van der Waals surface area (Å²) < 4.78 is 0. The van der Waals surface area contributed by atoms with Crippen molar-refractivity contribution in [3.63, 3.8) is 0 Å². The van der Waals surface area contributed by atoms with Gasteiger partial charge in [0.05, 0.1) is 0 Å². The highest BCUT2D eigenvalue weighted by Gasteiger charge is 2.17. The molecule has 0 saturated carbocycles. The van der Waals surface area contributed by atoms with E-state index in [-0.39, 0.29) is 0 Å². The van der Waals surface area contributed by atoms with Gasteiger partial charge in [-0.25, -0.2) is 0 Å². The first-order valence-corrected chi connectivity index (χ1v) is 4.07. The van der Waals surface area contributed by atoms with Crippen LogP contribution in [0.3, 0.4) is 0 Å². The Bertz CT molecular complexity index is 80.9. The van der Waals surface area contributed by atoms with Crippen LogP contribution in [0.2, 0.25) is 0 Å². The van der Waals surface area contributed by atoms with E-state index < -0.39 is 0 Å². The van der Waals surface area contributed by atoms with Gasteiger partial charge in [-0.3, -0.25) is 0 Å². The van der Waals surface area contributed by atoms with Gasteiger partial charge in [-0.1, -0.05) is 0 Å². The van der Waals surface area contributed by atoms with Crippen LogP contribution in [0.5, 0.6) is 0 Å². The largest absolute Gasteiger partial charge is 0.329 e. The predicted molar refractivity (Wildman–Crippen MR) is 42.9 cm³/mol. The van der Waals surface area contributed by atoms with E-state index in [0.29, 0.717) is 0 Å². The molecule has 1 unspecified atom stereocenters. The van der Waals surface area contributed by atoms with Crippen molar-refractivity contribution in [1.29, 1.82) is 0 Å². The molecular formula is C7H17N3. The van der Waals surface area contributed by atoms with Crippen molar-refractivity contribution in [2.45, 2.75) is 18.9 Å². The third kappa shape index (κ3) is 3.82. The molecule has 0 radical (unpaired) electrons. The molecule has 10 heavy (non-hydrogen) atoms. The van der Waals surface area contributed by atoms with Crippen LogP contribution in [-0.4, -0.2) is 32.2 Å². The lowest BCUT2D eigenvalue weighted by Crippen LogP contribution is -2.23. The molecule has 4 N–H and O–H groups in total. The highest BCUT2D eigenvalue weighted by molar-refractivity contribution is 4.82. The van der Waals surface area contributed by atoms with Crippen LogP contribution in [0.1, 0.15) is 12.8 Å². The summed E-state index contributed by atoms with van der Waals surface area (Å²) in [5, 5.41) is 6.54. The Balaban J connectivity index is 1.68. The lowest BCUT2D eigenvalue weighted by Gasteiger charge is -2.00. The monoisotopic (exact) mass is 143 g/mol. The predicted octanol–water partition coefficient (Wildman–Crippen LogP) is -0.713. The molecule has 0 bridgehead atoms. The van der Waals surface area contributed by atoms with Gasteiger partial charge in [-0.2, -0.15) is 0 Å². The van der Waals surface area contributed by atoms with Crippen molar-refractivity contribution >= 4 is 0 Å². The highest BCUT2D eigenvalue weighted by Crippen LogP contribution is 2.04. The minimum Gasteiger partial charge on any atom is -0.329 e. The smallest absolute Gasteiger partial charge is 0.0193 e. The van der Waals surface area contributed by atoms with Gasteiger partial charge < -0.3 is 16.4 Å². The molecular weight excluding hydrogens is 126 g/mol. The van der Waals surface area contributed by atoms with Crippen LogP contribution in [-0.2, 0) is 0 Å². The maximum Gasteiger partial charge on any atom is 0.0193 e. The summed E-state index contributed by atoms with van der Waals surface area (Å²) in [5.41, 5.74) is 5.31. The summed E-state index contributed by atoms with van der Waals surface area (Å²) in [6, 6.07) is 0.833. The first-order valence-electron chi connectivity index (χ1n) is 4.07. The van der Waals surface area contributed by atoms with Crippen molar-refractivity contribution in [2.24, 2.45) is 5.73 Å². The molecule has 1 rings (SSSR count). The third-order valence-corrected chi connectivity index (χ3v) is 1.72. The van der Waals surface area contributed by atoms with Gasteiger partial charge >= 0.3 is 0 Å². The summed E-state index contributed by atoms with van der Waals surface area (Å²) in [4.78, 5) is 0. The zero-order chi connectivity index (χ0) is 7.23. The third-order valence-electron chi connectivity index (χ3n) is 1.72. The molecule has 1 aliphatic heterocycles. The van der Waals surface area contributed by atoms with E-state index in [1.54, 1.807) is 0 Å². The van der Waals surface area contributed by atoms with Crippen LogP contribution in [0.25, 0.3) is 0 Å². The topological polar surface area (TPSA) is 60.0 Å². The quantitative estimate of drug-likeness (QED) is 0.340. The van der Waals surface area contributed by atoms with Crippen LogP contribution in [0.15, 0.2) is 0 Å². The second-order valence-corrected chi connectivity index (χ2v) is 2.79. The van der Waals surface area contributed by atoms with E-state index in [9.17, 15) is 0 Å². The fourth-order valence-corrected chi connectivity index (χ4v) is 0.988. The molecule has 0 amide bonds. The summed E-state index contributed by atoms with van der Waals surface area (Å²) in [6.45, 7) is 4.06. The molecule has 1 saturated heterocycles. The van der Waals surface area contributed by atoms with Gasteiger partial charge in [0, 0.05) is 25.7 Å². The van der Waals surface area contributed by atoms with Crippen molar-refractivity contribution < 1.29 is 0 Å². The SMILES string of the molecule is NCCNCCCC1CN1. The number of hydrogen-bond donors (Lipinski definition) is 3. The number of nitrogens with two attached hydrogens (primary N) is 1. The van der Waals surface area contributed by atoms with Gasteiger partial charge in [-0.05, 0) is 19.4 Å². The van der Waals surface area contributed by atoms with Crippen molar-refractivity contribution in [3.8, 4) is 0 Å². The average Bonchev–Trinajstić information content (AvgIpc) is 2.71. The van der Waals surface area contributed by atoms with Crippen LogP contribution >= 0.6 is 0 Å². The minimum atomic E-state index is 0.752. The highest BCUT2D eigenvalue weighted by atomic mass is 15.1. The van der Waals surface area contributed by atoms with Crippen LogP contribution in [0, 0.1) is 0 Å². The summed E-state index contributed by atoms with van der Waals surface area (Å²) in [7, 11) is 0. The normalized spacial score (nSPS) is 23.1. The fourth-order valence-electron chi connectivity index (χ4n) is 0.988. The van der Waals surface area contributed by atoms with Crippen molar-refractivity contribution in [3.05, 3.63) is 0 Å². The Morgan fingerprint density at radius 1 is 1.50 bits per heavy atom. The van der Waals surface area contributed by atoms with E-state index >= 15 is 0 Å². The van der Waals surface area contributed by atoms with E-state index in [4.69, 9.17) is 5.73 Å². The van der Waals surface area contributed by atoms with Crippen LogP contribution < -0.4 is 16.4 Å². The van der Waals surface area contributed by atoms with Gasteiger partial charge in [-0.15, -0.1) is 0 Å². The fraction of sp³-hybridized carbons (Fsp3) is 1.00. The lowest BCUT2D eigenvalue weighted by atomic mass is 10.2. The Labute approximate surface area is 62.4 Å². The number of hydrogen-bond acceptors (Lipinski definition) is 3. The second kappa shape index (κ2) is 4.66. The molecule has 60 valence electrons. The molecule has 3 nitrogen and oxygen atoms in total. The van der Waals surface area contributed by atoms with Gasteiger partial charge in [0.15, 0.2) is 0 Å². The maximum atomic E-state index is 5.31. The van der Waals surface area contributed by atoms with E-state index in [1.807, 2.05) is 0 Å². The van der Waals surface area contributed by atoms with Gasteiger partial charge in [0.25, 0.3) is 0 Å². The van der Waals surface area contributed by atoms with E-state index in [1.165, 1.54) is 19.4 Å². The van der Waals surface area contributed by atoms with Crippen molar-refractivity contribution in [1.82, 2.24) is 10.6 Å². The average molecular weight is 143 g/mol. The van der Waals surface area contributed by atoms with Crippen LogP contribution in [0.4, 0.5) is 0 Å². The van der Waals surface area contributed by atoms with Gasteiger partial charge in [0.2, 0.25) is 0 Å². The molecule has 0 aromatic rings. The molecule has 3 heteroatoms. The van der Waals surface area contributed by atoms with Gasteiger partial charge in [0.1, 0.15) is 0 Å². The number of nitrogens with one attached hydrogen (secondary N) is 2. The number of rotatable bonds is 6. The Morgan fingerprint density at radius 3 is 2.90 bits per heavy atom. The summed E-state index contributed by atoms with van der Waals surface area (Å²) in [5.74, 6) is 0. The lowest BCUT2D eigenvalue weighted by molar-refractivity contribution is 0.623. The van der Waals surface area contributed by atoms with E-state index in [2.05, 4.69) is 10.6 Å². The van der Waals surface area contributed by atoms with E-state index in [0.717, 1.165) is 25.7 Å². The minimum absolute atomic E-state index is 0.752. The molecule has 0 aliphatic carbocycles. The standard InChI is InChI=1S/C7H17N3/c8-3-5-9-4-1-2-7-6-10-7/h7,9-10H,1-6,8H2. The molecule has 1 fully saturated rings. The first-order chi connectivity index (χ1) is 4.93. The maximum absolute atomic E-state index is 5.31. The Morgan fingerprint density at radius 2 is 2.30 bits per heavy atom. The molecule has 0 aromatic heterocycles. The zero-order valence-electron chi connectivity index (χ0n) is 6.40. The summed E-state index contributed by atoms with van der Waals surface area (Å²) in [6.07, 6.45) is 2.59. The molecule has 0 spiro atoms. The Kier molecular flexibility index (Phi) is 3.72. The second-order valence-electron chi connectivity index (χ2n) is 2.79. The summed E-state index contributed by atoms with van der Waals surface area (Å²) >= 11 is 0.